The Morgan fingerprint density at radius 2 is 1.74 bits per heavy atom. The number of carbonyl (C=O) groups is 1. The molecule has 2 N–H and O–H groups in total. The number of rotatable bonds is 5. The van der Waals surface area contributed by atoms with E-state index in [9.17, 15) is 25.0 Å². The summed E-state index contributed by atoms with van der Waals surface area (Å²) in [5.74, 6) is -0.781. The Labute approximate surface area is 111 Å². The third kappa shape index (κ3) is 3.36. The number of aliphatic hydroxyl groups is 1. The predicted molar refractivity (Wildman–Crippen MR) is 64.2 cm³/mol. The van der Waals surface area contributed by atoms with Crippen LogP contribution in [-0.4, -0.2) is 34.0 Å². The van der Waals surface area contributed by atoms with E-state index in [4.69, 9.17) is 16.7 Å². The van der Waals surface area contributed by atoms with Gasteiger partial charge in [0.1, 0.15) is 0 Å². The van der Waals surface area contributed by atoms with E-state index in [1.165, 1.54) is 0 Å². The maximum Gasteiger partial charge on any atom is 0.295 e. The number of nitrogens with one attached hydrogen (secondary N) is 1. The lowest BCUT2D eigenvalue weighted by molar-refractivity contribution is -0.393. The van der Waals surface area contributed by atoms with Crippen molar-refractivity contribution in [3.05, 3.63) is 42.9 Å². The van der Waals surface area contributed by atoms with Gasteiger partial charge in [0, 0.05) is 18.7 Å². The number of hydrogen-bond donors (Lipinski definition) is 2. The Hall–Kier alpha value is -2.26. The minimum atomic E-state index is -0.918. The second-order valence-corrected chi connectivity index (χ2v) is 3.70. The maximum atomic E-state index is 11.6. The Bertz CT molecular complexity index is 512. The molecule has 0 aliphatic heterocycles. The molecule has 0 bridgehead atoms. The summed E-state index contributed by atoms with van der Waals surface area (Å²) in [5.41, 5.74) is -1.74. The fourth-order valence-corrected chi connectivity index (χ4v) is 1.51. The maximum absolute atomic E-state index is 11.6. The minimum Gasteiger partial charge on any atom is -0.395 e. The average molecular weight is 290 g/mol. The SMILES string of the molecule is O=C(NCCO)c1cc([N+](=O)[O-])c(Cl)c([N+](=O)[O-])c1. The Morgan fingerprint density at radius 3 is 2.11 bits per heavy atom. The molecule has 1 rings (SSSR count). The zero-order valence-corrected chi connectivity index (χ0v) is 10.1. The first-order valence-corrected chi connectivity index (χ1v) is 5.27. The van der Waals surface area contributed by atoms with Crippen LogP contribution in [0.4, 0.5) is 11.4 Å². The molecule has 10 heteroatoms. The van der Waals surface area contributed by atoms with E-state index in [1.54, 1.807) is 0 Å². The second-order valence-electron chi connectivity index (χ2n) is 3.32. The van der Waals surface area contributed by atoms with Crippen molar-refractivity contribution < 1.29 is 19.7 Å². The number of benzene rings is 1. The highest BCUT2D eigenvalue weighted by molar-refractivity contribution is 6.35. The monoisotopic (exact) mass is 289 g/mol. The third-order valence-corrected chi connectivity index (χ3v) is 2.47. The molecule has 0 spiro atoms. The largest absolute Gasteiger partial charge is 0.395 e. The zero-order valence-electron chi connectivity index (χ0n) is 9.33. The predicted octanol–water partition coefficient (Wildman–Crippen LogP) is 0.879. The molecule has 0 aliphatic rings. The van der Waals surface area contributed by atoms with Crippen molar-refractivity contribution in [1.82, 2.24) is 5.32 Å². The van der Waals surface area contributed by atoms with E-state index in [1.807, 2.05) is 0 Å². The fraction of sp³-hybridized carbons (Fsp3) is 0.222. The summed E-state index contributed by atoms with van der Waals surface area (Å²) in [7, 11) is 0. The topological polar surface area (TPSA) is 136 Å². The molecule has 1 amide bonds. The van der Waals surface area contributed by atoms with Gasteiger partial charge in [0.05, 0.1) is 22.0 Å². The molecule has 1 aromatic rings. The van der Waals surface area contributed by atoms with Gasteiger partial charge in [-0.25, -0.2) is 0 Å². The number of amides is 1. The number of nitro benzene ring substituents is 2. The normalized spacial score (nSPS) is 10.0. The van der Waals surface area contributed by atoms with Crippen LogP contribution in [0.1, 0.15) is 10.4 Å². The zero-order chi connectivity index (χ0) is 14.6. The molecular formula is C9H8ClN3O6. The molecule has 0 heterocycles. The number of hydrogen-bond acceptors (Lipinski definition) is 6. The van der Waals surface area contributed by atoms with E-state index in [2.05, 4.69) is 5.32 Å². The highest BCUT2D eigenvalue weighted by Crippen LogP contribution is 2.34. The second kappa shape index (κ2) is 6.07. The molecule has 102 valence electrons. The van der Waals surface area contributed by atoms with Crippen LogP contribution in [0.3, 0.4) is 0 Å². The first-order valence-electron chi connectivity index (χ1n) is 4.90. The third-order valence-electron chi connectivity index (χ3n) is 2.09. The van der Waals surface area contributed by atoms with Gasteiger partial charge in [-0.05, 0) is 0 Å². The van der Waals surface area contributed by atoms with Crippen LogP contribution in [0.2, 0.25) is 5.02 Å². The molecule has 0 unspecified atom stereocenters. The number of nitrogens with zero attached hydrogens (tertiary/aromatic N) is 2. The van der Waals surface area contributed by atoms with Gasteiger partial charge >= 0.3 is 0 Å². The molecule has 1 aromatic carbocycles. The van der Waals surface area contributed by atoms with Crippen LogP contribution < -0.4 is 5.32 Å². The van der Waals surface area contributed by atoms with E-state index in [0.29, 0.717) is 0 Å². The summed E-state index contributed by atoms with van der Waals surface area (Å²) in [6, 6.07) is 1.67. The van der Waals surface area contributed by atoms with Crippen LogP contribution >= 0.6 is 11.6 Å². The van der Waals surface area contributed by atoms with Crippen LogP contribution in [0.15, 0.2) is 12.1 Å². The van der Waals surface area contributed by atoms with Gasteiger partial charge in [0.15, 0.2) is 5.02 Å². The van der Waals surface area contributed by atoms with E-state index in [-0.39, 0.29) is 18.7 Å². The van der Waals surface area contributed by atoms with Crippen LogP contribution in [-0.2, 0) is 0 Å². The van der Waals surface area contributed by atoms with E-state index in [0.717, 1.165) is 12.1 Å². The summed E-state index contributed by atoms with van der Waals surface area (Å²) < 4.78 is 0. The van der Waals surface area contributed by atoms with Crippen molar-refractivity contribution >= 4 is 28.9 Å². The van der Waals surface area contributed by atoms with Gasteiger partial charge in [-0.3, -0.25) is 25.0 Å². The lowest BCUT2D eigenvalue weighted by Crippen LogP contribution is -2.26. The van der Waals surface area contributed by atoms with Crippen LogP contribution in [0.25, 0.3) is 0 Å². The number of aliphatic hydroxyl groups excluding tert-OH is 1. The highest BCUT2D eigenvalue weighted by atomic mass is 35.5. The van der Waals surface area contributed by atoms with E-state index >= 15 is 0 Å². The molecule has 0 atom stereocenters. The summed E-state index contributed by atoms with van der Waals surface area (Å²) >= 11 is 5.52. The van der Waals surface area contributed by atoms with Crippen molar-refractivity contribution in [2.45, 2.75) is 0 Å². The summed E-state index contributed by atoms with van der Waals surface area (Å²) in [6.45, 7) is -0.410. The molecule has 9 nitrogen and oxygen atoms in total. The highest BCUT2D eigenvalue weighted by Gasteiger charge is 2.26. The molecule has 0 saturated carbocycles. The van der Waals surface area contributed by atoms with E-state index < -0.39 is 32.2 Å². The van der Waals surface area contributed by atoms with Gasteiger partial charge in [-0.2, -0.15) is 0 Å². The lowest BCUT2D eigenvalue weighted by atomic mass is 10.1. The minimum absolute atomic E-state index is 0.0803. The summed E-state index contributed by atoms with van der Waals surface area (Å²) in [6.07, 6.45) is 0. The molecular weight excluding hydrogens is 282 g/mol. The molecule has 0 radical (unpaired) electrons. The number of carbonyl (C=O) groups excluding carboxylic acids is 1. The first kappa shape index (κ1) is 14.8. The van der Waals surface area contributed by atoms with Crippen molar-refractivity contribution in [3.63, 3.8) is 0 Å². The van der Waals surface area contributed by atoms with Crippen molar-refractivity contribution in [3.8, 4) is 0 Å². The smallest absolute Gasteiger partial charge is 0.295 e. The number of nitro groups is 2. The number of halogens is 1. The Kier molecular flexibility index (Phi) is 4.73. The standard InChI is InChI=1S/C9H8ClN3O6/c10-8-6(12(16)17)3-5(4-7(8)13(18)19)9(15)11-1-2-14/h3-4,14H,1-2H2,(H,11,15). The van der Waals surface area contributed by atoms with Crippen LogP contribution in [0, 0.1) is 20.2 Å². The summed E-state index contributed by atoms with van der Waals surface area (Å²) in [4.78, 5) is 31.1. The first-order chi connectivity index (χ1) is 8.88. The molecule has 0 aromatic heterocycles. The molecule has 0 fully saturated rings. The fourth-order valence-electron chi connectivity index (χ4n) is 1.26. The molecule has 0 aliphatic carbocycles. The lowest BCUT2D eigenvalue weighted by Gasteiger charge is -2.04. The Balaban J connectivity index is 3.30. The van der Waals surface area contributed by atoms with Gasteiger partial charge in [-0.1, -0.05) is 11.6 Å². The quantitative estimate of drug-likeness (QED) is 0.610. The molecule has 0 saturated heterocycles. The van der Waals surface area contributed by atoms with Crippen molar-refractivity contribution in [2.75, 3.05) is 13.2 Å². The molecule has 19 heavy (non-hydrogen) atoms. The van der Waals surface area contributed by atoms with Gasteiger partial charge in [0.25, 0.3) is 17.3 Å². The summed E-state index contributed by atoms with van der Waals surface area (Å²) in [5, 5.41) is 31.5. The van der Waals surface area contributed by atoms with Crippen LogP contribution in [0.5, 0.6) is 0 Å². The van der Waals surface area contributed by atoms with Gasteiger partial charge in [-0.15, -0.1) is 0 Å². The van der Waals surface area contributed by atoms with Crippen molar-refractivity contribution in [2.24, 2.45) is 0 Å². The Morgan fingerprint density at radius 1 is 1.26 bits per heavy atom. The van der Waals surface area contributed by atoms with Crippen molar-refractivity contribution in [1.29, 1.82) is 0 Å². The average Bonchev–Trinajstić information content (AvgIpc) is 2.35. The van der Waals surface area contributed by atoms with Gasteiger partial charge in [0.2, 0.25) is 0 Å². The van der Waals surface area contributed by atoms with Gasteiger partial charge < -0.3 is 10.4 Å².